The largest absolute Gasteiger partial charge is 0.494 e. The molecule has 1 heterocycles. The molecule has 3 aromatic rings. The van der Waals surface area contributed by atoms with E-state index in [1.54, 1.807) is 18.9 Å². The minimum Gasteiger partial charge on any atom is -0.494 e. The van der Waals surface area contributed by atoms with Gasteiger partial charge in [-0.3, -0.25) is 0 Å². The van der Waals surface area contributed by atoms with Gasteiger partial charge >= 0.3 is 0 Å². The van der Waals surface area contributed by atoms with Gasteiger partial charge < -0.3 is 14.8 Å². The van der Waals surface area contributed by atoms with Crippen molar-refractivity contribution in [1.82, 2.24) is 15.0 Å². The maximum absolute atomic E-state index is 5.36. The van der Waals surface area contributed by atoms with Crippen LogP contribution >= 0.6 is 0 Å². The summed E-state index contributed by atoms with van der Waals surface area (Å²) in [5.74, 6) is 1.44. The zero-order valence-electron chi connectivity index (χ0n) is 11.9. The van der Waals surface area contributed by atoms with E-state index in [1.807, 2.05) is 42.5 Å². The number of ether oxygens (including phenoxy) is 2. The van der Waals surface area contributed by atoms with Gasteiger partial charge in [0.25, 0.3) is 0 Å². The molecule has 108 valence electrons. The predicted octanol–water partition coefficient (Wildman–Crippen LogP) is 2.52. The second-order valence-electron chi connectivity index (χ2n) is 4.45. The molecule has 0 radical (unpaired) electrons. The summed E-state index contributed by atoms with van der Waals surface area (Å²) < 4.78 is 12.5. The quantitative estimate of drug-likeness (QED) is 0.780. The van der Waals surface area contributed by atoms with Gasteiger partial charge in [-0.1, -0.05) is 23.4 Å². The number of nitrogens with one attached hydrogen (secondary N) is 1. The van der Waals surface area contributed by atoms with Crippen LogP contribution in [0.25, 0.3) is 11.0 Å². The molecule has 21 heavy (non-hydrogen) atoms. The molecule has 0 spiro atoms. The summed E-state index contributed by atoms with van der Waals surface area (Å²) in [6.07, 6.45) is 0. The Balaban J connectivity index is 1.88. The normalized spacial score (nSPS) is 10.6. The number of anilines is 1. The number of nitrogens with zero attached hydrogens (tertiary/aromatic N) is 3. The van der Waals surface area contributed by atoms with Crippen LogP contribution in [0.1, 0.15) is 0 Å². The second-order valence-corrected chi connectivity index (χ2v) is 4.45. The smallest absolute Gasteiger partial charge is 0.145 e. The number of rotatable bonds is 5. The fraction of sp³-hybridized carbons (Fsp3) is 0.200. The lowest BCUT2D eigenvalue weighted by Gasteiger charge is -2.14. The predicted molar refractivity (Wildman–Crippen MR) is 80.7 cm³/mol. The zero-order valence-corrected chi connectivity index (χ0v) is 11.9. The Morgan fingerprint density at radius 1 is 1.00 bits per heavy atom. The van der Waals surface area contributed by atoms with E-state index < -0.39 is 0 Å². The van der Waals surface area contributed by atoms with Crippen molar-refractivity contribution in [3.05, 3.63) is 42.5 Å². The van der Waals surface area contributed by atoms with Crippen LogP contribution < -0.4 is 14.8 Å². The van der Waals surface area contributed by atoms with Crippen molar-refractivity contribution in [2.45, 2.75) is 6.67 Å². The van der Waals surface area contributed by atoms with Crippen LogP contribution in [-0.2, 0) is 6.67 Å². The van der Waals surface area contributed by atoms with Crippen molar-refractivity contribution >= 4 is 16.7 Å². The molecule has 0 bridgehead atoms. The molecular weight excluding hydrogens is 268 g/mol. The van der Waals surface area contributed by atoms with E-state index in [9.17, 15) is 0 Å². The number of benzene rings is 2. The highest BCUT2D eigenvalue weighted by molar-refractivity contribution is 5.74. The van der Waals surface area contributed by atoms with Gasteiger partial charge in [-0.25, -0.2) is 4.68 Å². The van der Waals surface area contributed by atoms with Gasteiger partial charge in [0.05, 0.1) is 19.7 Å². The molecule has 0 saturated heterocycles. The van der Waals surface area contributed by atoms with Crippen LogP contribution in [0, 0.1) is 0 Å². The van der Waals surface area contributed by atoms with Crippen LogP contribution in [0.2, 0.25) is 0 Å². The summed E-state index contributed by atoms with van der Waals surface area (Å²) in [4.78, 5) is 0. The number of methoxy groups -OCH3 is 2. The molecule has 2 aromatic carbocycles. The maximum atomic E-state index is 5.36. The fourth-order valence-electron chi connectivity index (χ4n) is 2.21. The molecule has 0 aliphatic rings. The van der Waals surface area contributed by atoms with Gasteiger partial charge in [0.2, 0.25) is 0 Å². The molecule has 0 aliphatic heterocycles. The van der Waals surface area contributed by atoms with Crippen molar-refractivity contribution in [2.24, 2.45) is 0 Å². The van der Waals surface area contributed by atoms with Gasteiger partial charge in [0, 0.05) is 0 Å². The van der Waals surface area contributed by atoms with E-state index in [2.05, 4.69) is 15.6 Å². The molecule has 1 aromatic heterocycles. The summed E-state index contributed by atoms with van der Waals surface area (Å²) >= 11 is 0. The molecular formula is C15H16N4O2. The molecule has 6 nitrogen and oxygen atoms in total. The highest BCUT2D eigenvalue weighted by Gasteiger charge is 2.10. The summed E-state index contributed by atoms with van der Waals surface area (Å²) in [5.41, 5.74) is 2.63. The van der Waals surface area contributed by atoms with Crippen LogP contribution in [0.5, 0.6) is 11.5 Å². The summed E-state index contributed by atoms with van der Waals surface area (Å²) in [7, 11) is 3.26. The van der Waals surface area contributed by atoms with Gasteiger partial charge in [0.1, 0.15) is 29.4 Å². The Bertz CT molecular complexity index is 732. The van der Waals surface area contributed by atoms with Crippen molar-refractivity contribution in [3.63, 3.8) is 0 Å². The topological polar surface area (TPSA) is 61.2 Å². The summed E-state index contributed by atoms with van der Waals surface area (Å²) in [6.45, 7) is 0.469. The lowest BCUT2D eigenvalue weighted by atomic mass is 10.2. The third kappa shape index (κ3) is 2.47. The van der Waals surface area contributed by atoms with E-state index >= 15 is 0 Å². The average Bonchev–Trinajstić information content (AvgIpc) is 2.95. The van der Waals surface area contributed by atoms with Crippen LogP contribution in [-0.4, -0.2) is 29.2 Å². The minimum atomic E-state index is 0.469. The van der Waals surface area contributed by atoms with E-state index in [0.29, 0.717) is 6.67 Å². The molecule has 3 rings (SSSR count). The van der Waals surface area contributed by atoms with Crippen molar-refractivity contribution in [1.29, 1.82) is 0 Å². The molecule has 6 heteroatoms. The first-order valence-corrected chi connectivity index (χ1v) is 6.56. The maximum Gasteiger partial charge on any atom is 0.145 e. The third-order valence-electron chi connectivity index (χ3n) is 3.25. The van der Waals surface area contributed by atoms with Crippen LogP contribution in [0.4, 0.5) is 5.69 Å². The van der Waals surface area contributed by atoms with Crippen molar-refractivity contribution in [3.8, 4) is 11.5 Å². The molecule has 0 atom stereocenters. The molecule has 0 amide bonds. The molecule has 1 N–H and O–H groups in total. The number of para-hydroxylation sites is 2. The first-order chi connectivity index (χ1) is 10.3. The first kappa shape index (κ1) is 13.2. The Labute approximate surface area is 122 Å². The molecule has 0 unspecified atom stereocenters. The first-order valence-electron chi connectivity index (χ1n) is 6.56. The third-order valence-corrected chi connectivity index (χ3v) is 3.25. The van der Waals surface area contributed by atoms with E-state index in [4.69, 9.17) is 9.47 Å². The summed E-state index contributed by atoms with van der Waals surface area (Å²) in [6, 6.07) is 13.5. The van der Waals surface area contributed by atoms with Gasteiger partial charge in [-0.2, -0.15) is 0 Å². The summed E-state index contributed by atoms with van der Waals surface area (Å²) in [5, 5.41) is 11.6. The lowest BCUT2D eigenvalue weighted by Crippen LogP contribution is -2.11. The highest BCUT2D eigenvalue weighted by atomic mass is 16.5. The SMILES string of the molecule is COc1cccc(OC)c1NCn1nnc2ccccc21. The van der Waals surface area contributed by atoms with Crippen LogP contribution in [0.3, 0.4) is 0 Å². The molecule has 0 saturated carbocycles. The second kappa shape index (κ2) is 5.70. The Hall–Kier alpha value is -2.76. The fourth-order valence-corrected chi connectivity index (χ4v) is 2.21. The average molecular weight is 284 g/mol. The van der Waals surface area contributed by atoms with Crippen molar-refractivity contribution in [2.75, 3.05) is 19.5 Å². The standard InChI is InChI=1S/C15H16N4O2/c1-20-13-8-5-9-14(21-2)15(13)16-10-19-12-7-4-3-6-11(12)17-18-19/h3-9,16H,10H2,1-2H3. The monoisotopic (exact) mass is 284 g/mol. The number of hydrogen-bond acceptors (Lipinski definition) is 5. The zero-order chi connectivity index (χ0) is 14.7. The minimum absolute atomic E-state index is 0.469. The van der Waals surface area contributed by atoms with E-state index in [1.165, 1.54) is 0 Å². The Morgan fingerprint density at radius 2 is 1.71 bits per heavy atom. The van der Waals surface area contributed by atoms with Crippen LogP contribution in [0.15, 0.2) is 42.5 Å². The van der Waals surface area contributed by atoms with Gasteiger partial charge in [0.15, 0.2) is 0 Å². The van der Waals surface area contributed by atoms with E-state index in [-0.39, 0.29) is 0 Å². The number of fused-ring (bicyclic) bond motifs is 1. The molecule has 0 fully saturated rings. The van der Waals surface area contributed by atoms with Gasteiger partial charge in [-0.05, 0) is 24.3 Å². The van der Waals surface area contributed by atoms with Crippen molar-refractivity contribution < 1.29 is 9.47 Å². The lowest BCUT2D eigenvalue weighted by molar-refractivity contribution is 0.396. The van der Waals surface area contributed by atoms with E-state index in [0.717, 1.165) is 28.2 Å². The Kier molecular flexibility index (Phi) is 3.59. The van der Waals surface area contributed by atoms with Gasteiger partial charge in [-0.15, -0.1) is 5.10 Å². The number of aromatic nitrogens is 3. The number of hydrogen-bond donors (Lipinski definition) is 1. The molecule has 0 aliphatic carbocycles. The highest BCUT2D eigenvalue weighted by Crippen LogP contribution is 2.34. The Morgan fingerprint density at radius 3 is 2.43 bits per heavy atom.